The SMILES string of the molecule is COCC(=O)Nc1ccc(N2CCCCS2(=O)=O)cc1. The molecule has 1 aromatic carbocycles. The number of amides is 1. The molecular weight excluding hydrogens is 280 g/mol. The molecule has 20 heavy (non-hydrogen) atoms. The number of methoxy groups -OCH3 is 1. The molecule has 110 valence electrons. The molecule has 0 aromatic heterocycles. The van der Waals surface area contributed by atoms with Gasteiger partial charge in [0.1, 0.15) is 6.61 Å². The number of nitrogens with one attached hydrogen (secondary N) is 1. The summed E-state index contributed by atoms with van der Waals surface area (Å²) in [5.74, 6) is -0.0508. The Hall–Kier alpha value is -1.60. The van der Waals surface area contributed by atoms with Crippen molar-refractivity contribution >= 4 is 27.3 Å². The summed E-state index contributed by atoms with van der Waals surface area (Å²) in [5, 5.41) is 2.66. The predicted octanol–water partition coefficient (Wildman–Crippen LogP) is 1.20. The number of sulfonamides is 1. The van der Waals surface area contributed by atoms with Gasteiger partial charge in [0.25, 0.3) is 0 Å². The van der Waals surface area contributed by atoms with Crippen LogP contribution < -0.4 is 9.62 Å². The summed E-state index contributed by atoms with van der Waals surface area (Å²) >= 11 is 0. The molecule has 1 aromatic rings. The largest absolute Gasteiger partial charge is 0.375 e. The highest BCUT2D eigenvalue weighted by atomic mass is 32.2. The van der Waals surface area contributed by atoms with E-state index in [1.54, 1.807) is 24.3 Å². The Morgan fingerprint density at radius 1 is 1.30 bits per heavy atom. The lowest BCUT2D eigenvalue weighted by Gasteiger charge is -2.28. The highest BCUT2D eigenvalue weighted by molar-refractivity contribution is 7.92. The standard InChI is InChI=1S/C13H18N2O4S/c1-19-10-13(16)14-11-4-6-12(7-5-11)15-8-2-3-9-20(15,17)18/h4-7H,2-3,8-10H2,1H3,(H,14,16). The second-order valence-corrected chi connectivity index (χ2v) is 6.64. The van der Waals surface area contributed by atoms with Crippen molar-refractivity contribution in [3.63, 3.8) is 0 Å². The average Bonchev–Trinajstić information content (AvgIpc) is 2.40. The molecule has 0 radical (unpaired) electrons. The molecule has 1 saturated heterocycles. The van der Waals surface area contributed by atoms with E-state index < -0.39 is 10.0 Å². The van der Waals surface area contributed by atoms with Gasteiger partial charge in [0.15, 0.2) is 0 Å². The van der Waals surface area contributed by atoms with E-state index in [9.17, 15) is 13.2 Å². The number of anilines is 2. The first-order valence-corrected chi connectivity index (χ1v) is 8.03. The number of benzene rings is 1. The van der Waals surface area contributed by atoms with Gasteiger partial charge in [-0.3, -0.25) is 9.10 Å². The number of rotatable bonds is 4. The maximum Gasteiger partial charge on any atom is 0.250 e. The quantitative estimate of drug-likeness (QED) is 0.906. The molecule has 0 aliphatic carbocycles. The van der Waals surface area contributed by atoms with Crippen LogP contribution in [0.15, 0.2) is 24.3 Å². The van der Waals surface area contributed by atoms with E-state index >= 15 is 0 Å². The number of hydrogen-bond donors (Lipinski definition) is 1. The molecule has 0 unspecified atom stereocenters. The van der Waals surface area contributed by atoms with E-state index in [1.165, 1.54) is 11.4 Å². The maximum atomic E-state index is 12.0. The predicted molar refractivity (Wildman–Crippen MR) is 77.3 cm³/mol. The first-order valence-electron chi connectivity index (χ1n) is 6.42. The van der Waals surface area contributed by atoms with Gasteiger partial charge in [0.2, 0.25) is 15.9 Å². The normalized spacial score (nSPS) is 17.8. The Labute approximate surface area is 118 Å². The lowest BCUT2D eigenvalue weighted by atomic mass is 10.2. The van der Waals surface area contributed by atoms with Crippen LogP contribution in [0.2, 0.25) is 0 Å². The van der Waals surface area contributed by atoms with Gasteiger partial charge in [-0.15, -0.1) is 0 Å². The van der Waals surface area contributed by atoms with E-state index in [1.807, 2.05) is 0 Å². The van der Waals surface area contributed by atoms with Crippen molar-refractivity contribution in [2.45, 2.75) is 12.8 Å². The maximum absolute atomic E-state index is 12.0. The number of hydrogen-bond acceptors (Lipinski definition) is 4. The molecule has 1 N–H and O–H groups in total. The Balaban J connectivity index is 2.10. The minimum absolute atomic E-state index is 0.0117. The van der Waals surface area contributed by atoms with Crippen molar-refractivity contribution in [2.24, 2.45) is 0 Å². The summed E-state index contributed by atoms with van der Waals surface area (Å²) in [6.07, 6.45) is 1.58. The van der Waals surface area contributed by atoms with E-state index in [0.717, 1.165) is 6.42 Å². The topological polar surface area (TPSA) is 75.7 Å². The van der Waals surface area contributed by atoms with Crippen LogP contribution in [0.5, 0.6) is 0 Å². The molecule has 0 spiro atoms. The van der Waals surface area contributed by atoms with E-state index in [-0.39, 0.29) is 18.3 Å². The highest BCUT2D eigenvalue weighted by Crippen LogP contribution is 2.24. The minimum atomic E-state index is -3.20. The van der Waals surface area contributed by atoms with Gasteiger partial charge in [-0.2, -0.15) is 0 Å². The van der Waals surface area contributed by atoms with Crippen LogP contribution >= 0.6 is 0 Å². The molecule has 6 nitrogen and oxygen atoms in total. The molecule has 0 bridgehead atoms. The summed E-state index contributed by atoms with van der Waals surface area (Å²) in [6, 6.07) is 6.77. The molecule has 1 aliphatic rings. The van der Waals surface area contributed by atoms with Crippen LogP contribution in [0, 0.1) is 0 Å². The molecule has 0 atom stereocenters. The van der Waals surface area contributed by atoms with Crippen LogP contribution in [-0.2, 0) is 19.6 Å². The van der Waals surface area contributed by atoms with Crippen molar-refractivity contribution in [2.75, 3.05) is 35.6 Å². The highest BCUT2D eigenvalue weighted by Gasteiger charge is 2.25. The number of carbonyl (C=O) groups excluding carboxylic acids is 1. The smallest absolute Gasteiger partial charge is 0.250 e. The van der Waals surface area contributed by atoms with Crippen molar-refractivity contribution in [1.82, 2.24) is 0 Å². The fourth-order valence-electron chi connectivity index (χ4n) is 2.12. The second kappa shape index (κ2) is 6.23. The van der Waals surface area contributed by atoms with Crippen LogP contribution in [0.1, 0.15) is 12.8 Å². The van der Waals surface area contributed by atoms with Crippen molar-refractivity contribution in [1.29, 1.82) is 0 Å². The lowest BCUT2D eigenvalue weighted by Crippen LogP contribution is -2.37. The van der Waals surface area contributed by atoms with E-state index in [0.29, 0.717) is 24.3 Å². The first-order chi connectivity index (χ1) is 9.53. The molecular formula is C13H18N2O4S. The molecule has 2 rings (SSSR count). The molecule has 1 heterocycles. The summed E-state index contributed by atoms with van der Waals surface area (Å²) < 4.78 is 30.1. The van der Waals surface area contributed by atoms with Gasteiger partial charge in [-0.05, 0) is 37.1 Å². The van der Waals surface area contributed by atoms with Crippen LogP contribution in [0.25, 0.3) is 0 Å². The molecule has 1 aliphatic heterocycles. The van der Waals surface area contributed by atoms with Gasteiger partial charge in [0, 0.05) is 19.3 Å². The van der Waals surface area contributed by atoms with Crippen molar-refractivity contribution < 1.29 is 17.9 Å². The van der Waals surface area contributed by atoms with Crippen molar-refractivity contribution in [3.8, 4) is 0 Å². The van der Waals surface area contributed by atoms with E-state index in [4.69, 9.17) is 4.74 Å². The first kappa shape index (κ1) is 14.8. The van der Waals surface area contributed by atoms with E-state index in [2.05, 4.69) is 5.32 Å². The fourth-order valence-corrected chi connectivity index (χ4v) is 3.76. The number of carbonyl (C=O) groups is 1. The number of nitrogens with zero attached hydrogens (tertiary/aromatic N) is 1. The second-order valence-electron chi connectivity index (χ2n) is 4.62. The van der Waals surface area contributed by atoms with Gasteiger partial charge in [-0.1, -0.05) is 0 Å². The van der Waals surface area contributed by atoms with Crippen LogP contribution in [0.4, 0.5) is 11.4 Å². The van der Waals surface area contributed by atoms with Gasteiger partial charge in [-0.25, -0.2) is 8.42 Å². The Bertz CT molecular complexity index is 569. The zero-order valence-electron chi connectivity index (χ0n) is 11.3. The van der Waals surface area contributed by atoms with Gasteiger partial charge in [0.05, 0.1) is 11.4 Å². The molecule has 0 saturated carbocycles. The van der Waals surface area contributed by atoms with Gasteiger partial charge < -0.3 is 10.1 Å². The molecule has 1 amide bonds. The van der Waals surface area contributed by atoms with Crippen LogP contribution in [-0.4, -0.2) is 40.3 Å². The summed E-state index contributed by atoms with van der Waals surface area (Å²) in [4.78, 5) is 11.4. The number of ether oxygens (including phenoxy) is 1. The van der Waals surface area contributed by atoms with Crippen molar-refractivity contribution in [3.05, 3.63) is 24.3 Å². The Morgan fingerprint density at radius 3 is 2.60 bits per heavy atom. The lowest BCUT2D eigenvalue weighted by molar-refractivity contribution is -0.119. The monoisotopic (exact) mass is 298 g/mol. The summed E-state index contributed by atoms with van der Waals surface area (Å²) in [6.45, 7) is 0.500. The third-order valence-corrected chi connectivity index (χ3v) is 4.93. The Morgan fingerprint density at radius 2 is 2.00 bits per heavy atom. The van der Waals surface area contributed by atoms with Gasteiger partial charge >= 0.3 is 0 Å². The molecule has 7 heteroatoms. The fraction of sp³-hybridized carbons (Fsp3) is 0.462. The summed E-state index contributed by atoms with van der Waals surface area (Å²) in [5.41, 5.74) is 1.25. The zero-order chi connectivity index (χ0) is 14.6. The third-order valence-electron chi connectivity index (χ3n) is 3.06. The average molecular weight is 298 g/mol. The zero-order valence-corrected chi connectivity index (χ0v) is 12.1. The molecule has 1 fully saturated rings. The van der Waals surface area contributed by atoms with Crippen LogP contribution in [0.3, 0.4) is 0 Å². The minimum Gasteiger partial charge on any atom is -0.375 e. The summed E-state index contributed by atoms with van der Waals surface area (Å²) in [7, 11) is -1.75. The Kier molecular flexibility index (Phi) is 4.61. The third kappa shape index (κ3) is 3.49.